The molecule has 0 aromatic heterocycles. The number of nitrogens with zero attached hydrogens (tertiary/aromatic N) is 1. The molecule has 0 radical (unpaired) electrons. The van der Waals surface area contributed by atoms with Gasteiger partial charge in [0.05, 0.1) is 12.2 Å². The monoisotopic (exact) mass is 318 g/mol. The normalized spacial score (nSPS) is 12.8. The summed E-state index contributed by atoms with van der Waals surface area (Å²) in [5.74, 6) is 0. The lowest BCUT2D eigenvalue weighted by Crippen LogP contribution is -2.45. The van der Waals surface area contributed by atoms with Gasteiger partial charge in [0.1, 0.15) is 0 Å². The molecule has 0 fully saturated rings. The number of carbonyl (C=O) groups excluding carboxylic acids is 1. The molecule has 0 aliphatic rings. The van der Waals surface area contributed by atoms with E-state index in [4.69, 9.17) is 5.11 Å². The smallest absolute Gasteiger partial charge is 0.395 e. The van der Waals surface area contributed by atoms with Crippen molar-refractivity contribution in [3.63, 3.8) is 0 Å². The first kappa shape index (κ1) is 18.3. The van der Waals surface area contributed by atoms with Gasteiger partial charge in [-0.15, -0.1) is 0 Å². The molecule has 0 saturated carbocycles. The largest absolute Gasteiger partial charge is 0.416 e. The molecular formula is C15H21F3N2O2. The molecule has 2 amide bonds. The number of hydrogen-bond donors (Lipinski definition) is 2. The number of nitrogens with one attached hydrogen (secondary N) is 1. The molecule has 1 rings (SSSR count). The molecular weight excluding hydrogens is 297 g/mol. The highest BCUT2D eigenvalue weighted by molar-refractivity contribution is 5.74. The molecule has 22 heavy (non-hydrogen) atoms. The summed E-state index contributed by atoms with van der Waals surface area (Å²) in [4.78, 5) is 13.4. The van der Waals surface area contributed by atoms with Crippen LogP contribution in [0.1, 0.15) is 25.0 Å². The number of likely N-dealkylation sites (N-methyl/N-ethyl adjacent to an activating group) is 1. The fraction of sp³-hybridized carbons (Fsp3) is 0.533. The van der Waals surface area contributed by atoms with E-state index in [2.05, 4.69) is 5.32 Å². The number of carbonyl (C=O) groups is 1. The molecule has 0 bridgehead atoms. The topological polar surface area (TPSA) is 52.6 Å². The molecule has 124 valence electrons. The number of rotatable bonds is 6. The van der Waals surface area contributed by atoms with E-state index in [1.165, 1.54) is 17.0 Å². The van der Waals surface area contributed by atoms with Crippen molar-refractivity contribution in [2.24, 2.45) is 0 Å². The molecule has 1 aromatic carbocycles. The minimum Gasteiger partial charge on any atom is -0.395 e. The second kappa shape index (κ2) is 8.03. The van der Waals surface area contributed by atoms with E-state index >= 15 is 0 Å². The van der Waals surface area contributed by atoms with Crippen LogP contribution in [0.15, 0.2) is 24.3 Å². The number of benzene rings is 1. The van der Waals surface area contributed by atoms with Crippen molar-refractivity contribution in [1.29, 1.82) is 0 Å². The van der Waals surface area contributed by atoms with Crippen molar-refractivity contribution < 1.29 is 23.1 Å². The van der Waals surface area contributed by atoms with Gasteiger partial charge in [-0.25, -0.2) is 4.79 Å². The average molecular weight is 318 g/mol. The van der Waals surface area contributed by atoms with Crippen LogP contribution in [-0.4, -0.2) is 41.8 Å². The minimum atomic E-state index is -4.34. The van der Waals surface area contributed by atoms with Gasteiger partial charge < -0.3 is 15.3 Å². The van der Waals surface area contributed by atoms with Crippen molar-refractivity contribution in [2.45, 2.75) is 32.5 Å². The first-order valence-electron chi connectivity index (χ1n) is 7.10. The van der Waals surface area contributed by atoms with E-state index in [9.17, 15) is 18.0 Å². The third-order valence-electron chi connectivity index (χ3n) is 3.23. The van der Waals surface area contributed by atoms with Crippen LogP contribution < -0.4 is 5.32 Å². The number of aliphatic hydroxyl groups excluding tert-OH is 1. The maximum Gasteiger partial charge on any atom is 0.416 e. The summed E-state index contributed by atoms with van der Waals surface area (Å²) in [6.45, 7) is 4.18. The Morgan fingerprint density at radius 2 is 1.91 bits per heavy atom. The third kappa shape index (κ3) is 5.55. The zero-order chi connectivity index (χ0) is 16.8. The Morgan fingerprint density at radius 1 is 1.32 bits per heavy atom. The zero-order valence-corrected chi connectivity index (χ0v) is 12.7. The fourth-order valence-electron chi connectivity index (χ4n) is 2.06. The lowest BCUT2D eigenvalue weighted by atomic mass is 10.1. The molecule has 2 N–H and O–H groups in total. The van der Waals surface area contributed by atoms with Gasteiger partial charge in [0.15, 0.2) is 0 Å². The lowest BCUT2D eigenvalue weighted by Gasteiger charge is -2.23. The number of halogens is 3. The molecule has 0 aliphatic carbocycles. The first-order valence-corrected chi connectivity index (χ1v) is 7.10. The summed E-state index contributed by atoms with van der Waals surface area (Å²) in [5, 5.41) is 11.6. The third-order valence-corrected chi connectivity index (χ3v) is 3.23. The predicted molar refractivity (Wildman–Crippen MR) is 77.5 cm³/mol. The lowest BCUT2D eigenvalue weighted by molar-refractivity contribution is -0.137. The summed E-state index contributed by atoms with van der Waals surface area (Å²) < 4.78 is 37.4. The van der Waals surface area contributed by atoms with E-state index in [-0.39, 0.29) is 25.2 Å². The average Bonchev–Trinajstić information content (AvgIpc) is 2.44. The molecule has 1 unspecified atom stereocenters. The summed E-state index contributed by atoms with van der Waals surface area (Å²) in [6.07, 6.45) is -3.91. The quantitative estimate of drug-likeness (QED) is 0.847. The Morgan fingerprint density at radius 3 is 2.36 bits per heavy atom. The van der Waals surface area contributed by atoms with E-state index in [0.717, 1.165) is 12.1 Å². The van der Waals surface area contributed by atoms with Crippen LogP contribution in [0.2, 0.25) is 0 Å². The van der Waals surface area contributed by atoms with Crippen LogP contribution in [0.5, 0.6) is 0 Å². The van der Waals surface area contributed by atoms with Gasteiger partial charge in [-0.2, -0.15) is 13.2 Å². The van der Waals surface area contributed by atoms with Crippen LogP contribution in [-0.2, 0) is 12.6 Å². The van der Waals surface area contributed by atoms with Crippen LogP contribution in [0.25, 0.3) is 0 Å². The number of aliphatic hydroxyl groups is 1. The second-order valence-electron chi connectivity index (χ2n) is 5.05. The van der Waals surface area contributed by atoms with Gasteiger partial charge in [0.25, 0.3) is 0 Å². The van der Waals surface area contributed by atoms with Crippen LogP contribution in [0.3, 0.4) is 0 Å². The zero-order valence-electron chi connectivity index (χ0n) is 12.7. The maximum absolute atomic E-state index is 12.5. The first-order chi connectivity index (χ1) is 10.3. The second-order valence-corrected chi connectivity index (χ2v) is 5.05. The standard InChI is InChI=1S/C15H21F3N2O2/c1-3-20(8-9-21)14(22)19-11(2)10-12-4-6-13(7-5-12)15(16,17)18/h4-7,11,21H,3,8-10H2,1-2H3,(H,19,22). The summed E-state index contributed by atoms with van der Waals surface area (Å²) in [5.41, 5.74) is 0.0269. The predicted octanol–water partition coefficient (Wildman–Crippen LogP) is 2.66. The van der Waals surface area contributed by atoms with Crippen LogP contribution in [0.4, 0.5) is 18.0 Å². The Kier molecular flexibility index (Phi) is 6.67. The van der Waals surface area contributed by atoms with Gasteiger partial charge >= 0.3 is 12.2 Å². The molecule has 4 nitrogen and oxygen atoms in total. The van der Waals surface area contributed by atoms with Gasteiger partial charge in [0, 0.05) is 19.1 Å². The fourth-order valence-corrected chi connectivity index (χ4v) is 2.06. The summed E-state index contributed by atoms with van der Waals surface area (Å²) >= 11 is 0. The molecule has 7 heteroatoms. The van der Waals surface area contributed by atoms with Crippen LogP contribution >= 0.6 is 0 Å². The van der Waals surface area contributed by atoms with Gasteiger partial charge in [-0.3, -0.25) is 0 Å². The van der Waals surface area contributed by atoms with Gasteiger partial charge in [-0.1, -0.05) is 12.1 Å². The highest BCUT2D eigenvalue weighted by atomic mass is 19.4. The van der Waals surface area contributed by atoms with E-state index in [0.29, 0.717) is 18.5 Å². The number of amides is 2. The Bertz CT molecular complexity index is 475. The minimum absolute atomic E-state index is 0.117. The Balaban J connectivity index is 2.58. The highest BCUT2D eigenvalue weighted by Crippen LogP contribution is 2.29. The number of urea groups is 1. The molecule has 0 saturated heterocycles. The van der Waals surface area contributed by atoms with Crippen molar-refractivity contribution >= 4 is 6.03 Å². The van der Waals surface area contributed by atoms with E-state index in [1.54, 1.807) is 13.8 Å². The highest BCUT2D eigenvalue weighted by Gasteiger charge is 2.29. The molecule has 1 atom stereocenters. The van der Waals surface area contributed by atoms with Gasteiger partial charge in [0.2, 0.25) is 0 Å². The maximum atomic E-state index is 12.5. The summed E-state index contributed by atoms with van der Waals surface area (Å²) in [7, 11) is 0. The SMILES string of the molecule is CCN(CCO)C(=O)NC(C)Cc1ccc(C(F)(F)F)cc1. The van der Waals surface area contributed by atoms with Crippen LogP contribution in [0, 0.1) is 0 Å². The number of alkyl halides is 3. The van der Waals surface area contributed by atoms with Crippen molar-refractivity contribution in [1.82, 2.24) is 10.2 Å². The van der Waals surface area contributed by atoms with E-state index < -0.39 is 11.7 Å². The van der Waals surface area contributed by atoms with Crippen molar-refractivity contribution in [3.8, 4) is 0 Å². The molecule has 0 aliphatic heterocycles. The van der Waals surface area contributed by atoms with Gasteiger partial charge in [-0.05, 0) is 38.0 Å². The van der Waals surface area contributed by atoms with Crippen molar-refractivity contribution in [2.75, 3.05) is 19.7 Å². The Hall–Kier alpha value is -1.76. The van der Waals surface area contributed by atoms with Crippen molar-refractivity contribution in [3.05, 3.63) is 35.4 Å². The number of hydrogen-bond acceptors (Lipinski definition) is 2. The molecule has 0 heterocycles. The molecule has 1 aromatic rings. The molecule has 0 spiro atoms. The summed E-state index contributed by atoms with van der Waals surface area (Å²) in [6, 6.07) is 4.38. The van der Waals surface area contributed by atoms with E-state index in [1.807, 2.05) is 0 Å². The Labute approximate surface area is 127 Å².